The molecule has 5 heteroatoms. The number of fused-ring (bicyclic) bond motifs is 1. The van der Waals surface area contributed by atoms with Crippen LogP contribution in [0.1, 0.15) is 17.5 Å². The van der Waals surface area contributed by atoms with Gasteiger partial charge in [-0.2, -0.15) is 0 Å². The SMILES string of the molecule is O=C(CCc1cn(Cc2ccc(F)cc2)c2ccccc12)Nc1ccc(Cl)cc1. The van der Waals surface area contributed by atoms with Gasteiger partial charge in [0.15, 0.2) is 0 Å². The van der Waals surface area contributed by atoms with Crippen LogP contribution in [0.2, 0.25) is 5.02 Å². The fourth-order valence-electron chi connectivity index (χ4n) is 3.44. The number of halogens is 2. The second-order valence-electron chi connectivity index (χ2n) is 6.98. The summed E-state index contributed by atoms with van der Waals surface area (Å²) in [4.78, 5) is 12.4. The van der Waals surface area contributed by atoms with Gasteiger partial charge in [-0.3, -0.25) is 4.79 Å². The molecule has 0 fully saturated rings. The van der Waals surface area contributed by atoms with Crippen molar-refractivity contribution in [3.63, 3.8) is 0 Å². The van der Waals surface area contributed by atoms with E-state index in [1.165, 1.54) is 12.1 Å². The lowest BCUT2D eigenvalue weighted by Gasteiger charge is -2.05. The van der Waals surface area contributed by atoms with E-state index in [1.807, 2.05) is 12.1 Å². The quantitative estimate of drug-likeness (QED) is 0.415. The highest BCUT2D eigenvalue weighted by Crippen LogP contribution is 2.24. The molecule has 1 amide bonds. The molecule has 4 aromatic rings. The van der Waals surface area contributed by atoms with Gasteiger partial charge in [0.1, 0.15) is 5.82 Å². The van der Waals surface area contributed by atoms with Gasteiger partial charge in [0.05, 0.1) is 0 Å². The Morgan fingerprint density at radius 2 is 1.69 bits per heavy atom. The van der Waals surface area contributed by atoms with Crippen LogP contribution in [0.15, 0.2) is 79.0 Å². The first-order chi connectivity index (χ1) is 14.1. The molecule has 0 aliphatic carbocycles. The molecule has 1 aromatic heterocycles. The molecule has 146 valence electrons. The first-order valence-corrected chi connectivity index (χ1v) is 9.83. The Morgan fingerprint density at radius 3 is 2.45 bits per heavy atom. The first kappa shape index (κ1) is 19.2. The molecule has 0 aliphatic rings. The molecule has 0 unspecified atom stereocenters. The maximum absolute atomic E-state index is 13.2. The number of aromatic nitrogens is 1. The Morgan fingerprint density at radius 1 is 0.966 bits per heavy atom. The number of carbonyl (C=O) groups is 1. The second kappa shape index (κ2) is 8.50. The summed E-state index contributed by atoms with van der Waals surface area (Å²) in [6, 6.07) is 21.8. The van der Waals surface area contributed by atoms with Crippen LogP contribution in [0.25, 0.3) is 10.9 Å². The summed E-state index contributed by atoms with van der Waals surface area (Å²) in [5.41, 5.74) is 3.98. The van der Waals surface area contributed by atoms with Gasteiger partial charge < -0.3 is 9.88 Å². The molecule has 4 rings (SSSR count). The molecule has 3 nitrogen and oxygen atoms in total. The number of nitrogens with one attached hydrogen (secondary N) is 1. The van der Waals surface area contributed by atoms with E-state index in [1.54, 1.807) is 36.4 Å². The summed E-state index contributed by atoms with van der Waals surface area (Å²) in [5, 5.41) is 4.67. The third kappa shape index (κ3) is 4.66. The van der Waals surface area contributed by atoms with Crippen molar-refractivity contribution in [2.24, 2.45) is 0 Å². The summed E-state index contributed by atoms with van der Waals surface area (Å²) in [6.45, 7) is 0.651. The largest absolute Gasteiger partial charge is 0.343 e. The molecule has 0 spiro atoms. The highest BCUT2D eigenvalue weighted by Gasteiger charge is 2.11. The molecule has 0 aliphatic heterocycles. The minimum atomic E-state index is -0.237. The number of para-hydroxylation sites is 1. The van der Waals surface area contributed by atoms with E-state index in [9.17, 15) is 9.18 Å². The van der Waals surface area contributed by atoms with E-state index in [-0.39, 0.29) is 11.7 Å². The number of hydrogen-bond acceptors (Lipinski definition) is 1. The van der Waals surface area contributed by atoms with Gasteiger partial charge in [0.25, 0.3) is 0 Å². The smallest absolute Gasteiger partial charge is 0.224 e. The van der Waals surface area contributed by atoms with Gasteiger partial charge in [0.2, 0.25) is 5.91 Å². The van der Waals surface area contributed by atoms with E-state index in [2.05, 4.69) is 28.2 Å². The third-order valence-corrected chi connectivity index (χ3v) is 5.14. The maximum Gasteiger partial charge on any atom is 0.224 e. The monoisotopic (exact) mass is 406 g/mol. The van der Waals surface area contributed by atoms with Gasteiger partial charge in [-0.15, -0.1) is 0 Å². The number of benzene rings is 3. The second-order valence-corrected chi connectivity index (χ2v) is 7.42. The van der Waals surface area contributed by atoms with Crippen LogP contribution < -0.4 is 5.32 Å². The number of rotatable bonds is 6. The van der Waals surface area contributed by atoms with Gasteiger partial charge in [0, 0.05) is 40.8 Å². The Labute approximate surface area is 173 Å². The predicted octanol–water partition coefficient (Wildman–Crippen LogP) is 6.05. The van der Waals surface area contributed by atoms with Crippen molar-refractivity contribution in [1.82, 2.24) is 4.57 Å². The molecule has 0 radical (unpaired) electrons. The number of aryl methyl sites for hydroxylation is 1. The minimum Gasteiger partial charge on any atom is -0.343 e. The summed E-state index contributed by atoms with van der Waals surface area (Å²) in [7, 11) is 0. The lowest BCUT2D eigenvalue weighted by Crippen LogP contribution is -2.12. The average Bonchev–Trinajstić information content (AvgIpc) is 3.08. The summed E-state index contributed by atoms with van der Waals surface area (Å²) >= 11 is 5.88. The van der Waals surface area contributed by atoms with Crippen molar-refractivity contribution in [1.29, 1.82) is 0 Å². The minimum absolute atomic E-state index is 0.0392. The van der Waals surface area contributed by atoms with Crippen molar-refractivity contribution < 1.29 is 9.18 Å². The zero-order chi connectivity index (χ0) is 20.2. The zero-order valence-corrected chi connectivity index (χ0v) is 16.5. The van der Waals surface area contributed by atoms with Crippen molar-refractivity contribution in [3.05, 3.63) is 101 Å². The predicted molar refractivity (Wildman–Crippen MR) is 116 cm³/mol. The number of carbonyl (C=O) groups excluding carboxylic acids is 1. The van der Waals surface area contributed by atoms with E-state index >= 15 is 0 Å². The van der Waals surface area contributed by atoms with E-state index in [0.29, 0.717) is 24.4 Å². The van der Waals surface area contributed by atoms with E-state index in [0.717, 1.165) is 27.7 Å². The highest BCUT2D eigenvalue weighted by molar-refractivity contribution is 6.30. The maximum atomic E-state index is 13.2. The number of nitrogens with zero attached hydrogens (tertiary/aromatic N) is 1. The molecule has 0 atom stereocenters. The summed E-state index contributed by atoms with van der Waals surface area (Å²) in [5.74, 6) is -0.277. The Kier molecular flexibility index (Phi) is 5.63. The van der Waals surface area contributed by atoms with Crippen molar-refractivity contribution >= 4 is 34.1 Å². The van der Waals surface area contributed by atoms with Crippen molar-refractivity contribution in [2.75, 3.05) is 5.32 Å². The van der Waals surface area contributed by atoms with Crippen molar-refractivity contribution in [2.45, 2.75) is 19.4 Å². The summed E-state index contributed by atoms with van der Waals surface area (Å²) in [6.07, 6.45) is 3.10. The number of amides is 1. The fraction of sp³-hybridized carbons (Fsp3) is 0.125. The van der Waals surface area contributed by atoms with Crippen LogP contribution in [0.4, 0.5) is 10.1 Å². The normalized spacial score (nSPS) is 11.0. The van der Waals surface area contributed by atoms with Crippen LogP contribution in [0.5, 0.6) is 0 Å². The van der Waals surface area contributed by atoms with Crippen molar-refractivity contribution in [3.8, 4) is 0 Å². The van der Waals surface area contributed by atoms with Gasteiger partial charge >= 0.3 is 0 Å². The Hall–Kier alpha value is -3.11. The zero-order valence-electron chi connectivity index (χ0n) is 15.7. The Bertz CT molecular complexity index is 1130. The molecule has 29 heavy (non-hydrogen) atoms. The van der Waals surface area contributed by atoms with Crippen LogP contribution in [-0.4, -0.2) is 10.5 Å². The van der Waals surface area contributed by atoms with Crippen LogP contribution >= 0.6 is 11.6 Å². The lowest BCUT2D eigenvalue weighted by molar-refractivity contribution is -0.116. The number of anilines is 1. The molecule has 1 N–H and O–H groups in total. The first-order valence-electron chi connectivity index (χ1n) is 9.45. The Balaban J connectivity index is 1.49. The molecule has 0 saturated heterocycles. The van der Waals surface area contributed by atoms with Gasteiger partial charge in [-0.1, -0.05) is 41.9 Å². The van der Waals surface area contributed by atoms with Gasteiger partial charge in [-0.25, -0.2) is 4.39 Å². The molecule has 1 heterocycles. The fourth-order valence-corrected chi connectivity index (χ4v) is 3.57. The van der Waals surface area contributed by atoms with E-state index < -0.39 is 0 Å². The molecule has 3 aromatic carbocycles. The molecule has 0 saturated carbocycles. The topological polar surface area (TPSA) is 34.0 Å². The molecular formula is C24H20ClFN2O. The molecular weight excluding hydrogens is 387 g/mol. The third-order valence-electron chi connectivity index (χ3n) is 4.89. The van der Waals surface area contributed by atoms with Crippen LogP contribution in [0.3, 0.4) is 0 Å². The average molecular weight is 407 g/mol. The van der Waals surface area contributed by atoms with Gasteiger partial charge in [-0.05, 0) is 60.0 Å². The standard InChI is InChI=1S/C24H20ClFN2O/c25-19-8-12-21(13-9-19)27-24(29)14-7-18-16-28(23-4-2-1-3-22(18)23)15-17-5-10-20(26)11-6-17/h1-6,8-13,16H,7,14-15H2,(H,27,29). The highest BCUT2D eigenvalue weighted by atomic mass is 35.5. The lowest BCUT2D eigenvalue weighted by atomic mass is 10.1. The van der Waals surface area contributed by atoms with Crippen LogP contribution in [0, 0.1) is 5.82 Å². The summed E-state index contributed by atoms with van der Waals surface area (Å²) < 4.78 is 15.3. The van der Waals surface area contributed by atoms with Crippen LogP contribution in [-0.2, 0) is 17.8 Å². The molecule has 0 bridgehead atoms. The van der Waals surface area contributed by atoms with E-state index in [4.69, 9.17) is 11.6 Å². The number of hydrogen-bond donors (Lipinski definition) is 1.